The zero-order valence-electron chi connectivity index (χ0n) is 8.03. The van der Waals surface area contributed by atoms with Crippen LogP contribution in [0, 0.1) is 6.07 Å². The maximum Gasteiger partial charge on any atom is 0.178 e. The van der Waals surface area contributed by atoms with E-state index in [2.05, 4.69) is 6.07 Å². The molecule has 0 unspecified atom stereocenters. The van der Waals surface area contributed by atoms with Crippen molar-refractivity contribution in [1.82, 2.24) is 0 Å². The van der Waals surface area contributed by atoms with Crippen molar-refractivity contribution in [3.05, 3.63) is 24.3 Å². The van der Waals surface area contributed by atoms with Crippen LogP contribution in [0.25, 0.3) is 0 Å². The molecule has 0 saturated heterocycles. The Bertz CT molecular complexity index is 396. The van der Waals surface area contributed by atoms with Gasteiger partial charge in [-0.25, -0.2) is 8.42 Å². The number of hydrogen-bond donors (Lipinski definition) is 1. The molecule has 0 spiro atoms. The molecule has 0 amide bonds. The second-order valence-corrected chi connectivity index (χ2v) is 5.21. The van der Waals surface area contributed by atoms with Gasteiger partial charge in [0.05, 0.1) is 10.6 Å². The molecule has 14 heavy (non-hydrogen) atoms. The maximum atomic E-state index is 11.6. The molecule has 0 heterocycles. The van der Waals surface area contributed by atoms with Crippen LogP contribution in [0.1, 0.15) is 19.8 Å². The van der Waals surface area contributed by atoms with E-state index < -0.39 is 9.84 Å². The highest BCUT2D eigenvalue weighted by Gasteiger charge is 2.13. The molecule has 1 radical (unpaired) electrons. The molecule has 1 aromatic carbocycles. The Morgan fingerprint density at radius 1 is 1.43 bits per heavy atom. The molecule has 0 aromatic heterocycles. The number of hydrogen-bond acceptors (Lipinski definition) is 3. The molecule has 0 aliphatic heterocycles. The summed E-state index contributed by atoms with van der Waals surface area (Å²) in [6, 6.07) is 6.55. The van der Waals surface area contributed by atoms with Crippen molar-refractivity contribution in [1.29, 1.82) is 0 Å². The van der Waals surface area contributed by atoms with Gasteiger partial charge >= 0.3 is 0 Å². The van der Waals surface area contributed by atoms with E-state index in [9.17, 15) is 8.42 Å². The molecular formula is C10H13O3S. The lowest BCUT2D eigenvalue weighted by molar-refractivity contribution is 0.473. The van der Waals surface area contributed by atoms with Crippen LogP contribution in [0.4, 0.5) is 0 Å². The summed E-state index contributed by atoms with van der Waals surface area (Å²) < 4.78 is 23.2. The van der Waals surface area contributed by atoms with E-state index in [1.165, 1.54) is 18.2 Å². The third kappa shape index (κ3) is 2.73. The number of phenolic OH excluding ortho intramolecular Hbond substituents is 1. The lowest BCUT2D eigenvalue weighted by Crippen LogP contribution is -2.06. The first-order chi connectivity index (χ1) is 6.56. The highest BCUT2D eigenvalue weighted by atomic mass is 32.2. The first-order valence-electron chi connectivity index (χ1n) is 4.49. The second kappa shape index (κ2) is 4.46. The molecule has 4 heteroatoms. The third-order valence-corrected chi connectivity index (χ3v) is 3.65. The van der Waals surface area contributed by atoms with Gasteiger partial charge in [0.1, 0.15) is 5.75 Å². The van der Waals surface area contributed by atoms with Crippen molar-refractivity contribution < 1.29 is 13.5 Å². The second-order valence-electron chi connectivity index (χ2n) is 3.10. The minimum Gasteiger partial charge on any atom is -0.508 e. The van der Waals surface area contributed by atoms with Crippen molar-refractivity contribution >= 4 is 9.84 Å². The van der Waals surface area contributed by atoms with E-state index in [4.69, 9.17) is 5.11 Å². The van der Waals surface area contributed by atoms with Gasteiger partial charge in [-0.2, -0.15) is 0 Å². The quantitative estimate of drug-likeness (QED) is 0.829. The van der Waals surface area contributed by atoms with Gasteiger partial charge in [0, 0.05) is 0 Å². The summed E-state index contributed by atoms with van der Waals surface area (Å²) in [6.07, 6.45) is 1.47. The standard InChI is InChI=1S/C10H13O3S/c1-2-3-7-14(12,13)10-6-4-5-9(11)8-10/h5-6,8,11H,2-3,7H2,1H3. The van der Waals surface area contributed by atoms with Crippen molar-refractivity contribution in [3.8, 4) is 5.75 Å². The number of benzene rings is 1. The molecule has 1 rings (SSSR count). The van der Waals surface area contributed by atoms with E-state index in [0.29, 0.717) is 6.42 Å². The first-order valence-corrected chi connectivity index (χ1v) is 6.14. The molecule has 1 aromatic rings. The molecule has 77 valence electrons. The lowest BCUT2D eigenvalue weighted by atomic mass is 10.3. The highest BCUT2D eigenvalue weighted by Crippen LogP contribution is 2.17. The van der Waals surface area contributed by atoms with Crippen molar-refractivity contribution in [2.24, 2.45) is 0 Å². The van der Waals surface area contributed by atoms with Gasteiger partial charge < -0.3 is 5.11 Å². The normalized spacial score (nSPS) is 11.5. The van der Waals surface area contributed by atoms with Crippen LogP contribution in [0.2, 0.25) is 0 Å². The average molecular weight is 213 g/mol. The zero-order valence-corrected chi connectivity index (χ0v) is 8.84. The van der Waals surface area contributed by atoms with E-state index in [0.717, 1.165) is 6.42 Å². The van der Waals surface area contributed by atoms with E-state index in [-0.39, 0.29) is 16.4 Å². The summed E-state index contributed by atoms with van der Waals surface area (Å²) >= 11 is 0. The Kier molecular flexibility index (Phi) is 3.52. The smallest absolute Gasteiger partial charge is 0.178 e. The molecular weight excluding hydrogens is 200 g/mol. The van der Waals surface area contributed by atoms with Gasteiger partial charge in [-0.05, 0) is 30.7 Å². The van der Waals surface area contributed by atoms with Gasteiger partial charge in [0.2, 0.25) is 0 Å². The van der Waals surface area contributed by atoms with E-state index in [1.54, 1.807) is 0 Å². The molecule has 0 atom stereocenters. The molecule has 0 fully saturated rings. The van der Waals surface area contributed by atoms with Crippen LogP contribution in [0.15, 0.2) is 23.1 Å². The SMILES string of the molecule is CCCCS(=O)(=O)c1c[c]cc(O)c1. The third-order valence-electron chi connectivity index (χ3n) is 1.87. The molecule has 1 N–H and O–H groups in total. The summed E-state index contributed by atoms with van der Waals surface area (Å²) in [4.78, 5) is 0.144. The predicted molar refractivity (Wildman–Crippen MR) is 53.9 cm³/mol. The fourth-order valence-electron chi connectivity index (χ4n) is 1.07. The Labute approximate surface area is 84.3 Å². The van der Waals surface area contributed by atoms with Crippen molar-refractivity contribution in [3.63, 3.8) is 0 Å². The summed E-state index contributed by atoms with van der Waals surface area (Å²) in [5.74, 6) is 0.0587. The van der Waals surface area contributed by atoms with Gasteiger partial charge in [-0.1, -0.05) is 13.3 Å². The molecule has 3 nitrogen and oxygen atoms in total. The van der Waals surface area contributed by atoms with Gasteiger partial charge in [-0.3, -0.25) is 0 Å². The van der Waals surface area contributed by atoms with E-state index >= 15 is 0 Å². The number of unbranched alkanes of at least 4 members (excludes halogenated alkanes) is 1. The fourth-order valence-corrected chi connectivity index (χ4v) is 2.52. The van der Waals surface area contributed by atoms with Crippen LogP contribution in [-0.2, 0) is 9.84 Å². The molecule has 0 aliphatic carbocycles. The van der Waals surface area contributed by atoms with Crippen molar-refractivity contribution in [2.75, 3.05) is 5.75 Å². The number of sulfone groups is 1. The summed E-state index contributed by atoms with van der Waals surface area (Å²) in [5, 5.41) is 9.11. The maximum absolute atomic E-state index is 11.6. The van der Waals surface area contributed by atoms with Crippen molar-refractivity contribution in [2.45, 2.75) is 24.7 Å². The lowest BCUT2D eigenvalue weighted by Gasteiger charge is -2.03. The molecule has 0 bridgehead atoms. The number of phenols is 1. The highest BCUT2D eigenvalue weighted by molar-refractivity contribution is 7.91. The Hall–Kier alpha value is -1.03. The minimum absolute atomic E-state index is 0.0671. The Morgan fingerprint density at radius 3 is 2.71 bits per heavy atom. The Morgan fingerprint density at radius 2 is 2.14 bits per heavy atom. The zero-order chi connectivity index (χ0) is 10.6. The first kappa shape index (κ1) is 11.0. The molecule has 0 aliphatic rings. The van der Waals surface area contributed by atoms with Crippen LogP contribution >= 0.6 is 0 Å². The van der Waals surface area contributed by atoms with Gasteiger partial charge in [0.25, 0.3) is 0 Å². The van der Waals surface area contributed by atoms with Gasteiger partial charge in [0.15, 0.2) is 9.84 Å². The summed E-state index contributed by atoms with van der Waals surface area (Å²) in [5.41, 5.74) is 0. The van der Waals surface area contributed by atoms with Crippen LogP contribution in [0.3, 0.4) is 0 Å². The van der Waals surface area contributed by atoms with E-state index in [1.807, 2.05) is 6.92 Å². The number of aromatic hydroxyl groups is 1. The number of rotatable bonds is 4. The largest absolute Gasteiger partial charge is 0.508 e. The molecule has 0 saturated carbocycles. The van der Waals surface area contributed by atoms with Crippen LogP contribution < -0.4 is 0 Å². The monoisotopic (exact) mass is 213 g/mol. The predicted octanol–water partition coefficient (Wildman–Crippen LogP) is 1.77. The van der Waals surface area contributed by atoms with Gasteiger partial charge in [-0.15, -0.1) is 0 Å². The summed E-state index contributed by atoms with van der Waals surface area (Å²) in [6.45, 7) is 1.93. The van der Waals surface area contributed by atoms with Crippen LogP contribution in [0.5, 0.6) is 5.75 Å². The minimum atomic E-state index is -3.24. The fraction of sp³-hybridized carbons (Fsp3) is 0.400. The topological polar surface area (TPSA) is 54.4 Å². The average Bonchev–Trinajstić information content (AvgIpc) is 2.15. The summed E-state index contributed by atoms with van der Waals surface area (Å²) in [7, 11) is -3.24. The Balaban J connectivity index is 2.93. The van der Waals surface area contributed by atoms with Crippen LogP contribution in [-0.4, -0.2) is 19.3 Å².